The summed E-state index contributed by atoms with van der Waals surface area (Å²) in [5.74, 6) is -0.618. The van der Waals surface area contributed by atoms with Gasteiger partial charge in [0.2, 0.25) is 0 Å². The van der Waals surface area contributed by atoms with Gasteiger partial charge in [-0.3, -0.25) is 0 Å². The molecule has 0 heterocycles. The summed E-state index contributed by atoms with van der Waals surface area (Å²) in [6.07, 6.45) is 1.19. The molecule has 1 rings (SSSR count). The lowest BCUT2D eigenvalue weighted by molar-refractivity contribution is -0.0542. The maximum absolute atomic E-state index is 12.0. The number of rotatable bonds is 5. The second-order valence-electron chi connectivity index (χ2n) is 2.75. The highest BCUT2D eigenvalue weighted by molar-refractivity contribution is 6.23. The van der Waals surface area contributed by atoms with E-state index in [9.17, 15) is 17.6 Å². The number of hydrogen-bond acceptors (Lipinski definition) is 2. The Morgan fingerprint density at radius 2 is 1.47 bits per heavy atom. The third kappa shape index (κ3) is 4.95. The molecule has 7 heteroatoms. The van der Waals surface area contributed by atoms with Gasteiger partial charge >= 0.3 is 13.2 Å². The van der Waals surface area contributed by atoms with Gasteiger partial charge in [0.25, 0.3) is 0 Å². The molecule has 1 aromatic rings. The lowest BCUT2D eigenvalue weighted by Gasteiger charge is -2.09. The summed E-state index contributed by atoms with van der Waals surface area (Å²) in [7, 11) is 0. The van der Waals surface area contributed by atoms with E-state index in [1.54, 1.807) is 0 Å². The van der Waals surface area contributed by atoms with Crippen molar-refractivity contribution >= 4 is 17.7 Å². The van der Waals surface area contributed by atoms with Crippen molar-refractivity contribution in [3.63, 3.8) is 0 Å². The molecule has 1 radical (unpaired) electrons. The molecular weight excluding hydrogens is 264 g/mol. The minimum absolute atomic E-state index is 0.244. The zero-order valence-corrected chi connectivity index (χ0v) is 8.93. The second kappa shape index (κ2) is 6.34. The van der Waals surface area contributed by atoms with Gasteiger partial charge in [0.05, 0.1) is 5.54 Å². The van der Waals surface area contributed by atoms with E-state index >= 15 is 0 Å². The molecule has 2 nitrogen and oxygen atoms in total. The lowest BCUT2D eigenvalue weighted by Crippen LogP contribution is -2.05. The van der Waals surface area contributed by atoms with E-state index in [1.165, 1.54) is 18.2 Å². The molecule has 0 atom stereocenters. The van der Waals surface area contributed by atoms with Gasteiger partial charge in [-0.15, -0.1) is 0 Å². The largest absolute Gasteiger partial charge is 0.435 e. The predicted molar refractivity (Wildman–Crippen MR) is 53.3 cm³/mol. The van der Waals surface area contributed by atoms with Crippen LogP contribution in [0.2, 0.25) is 0 Å². The molecule has 0 saturated heterocycles. The van der Waals surface area contributed by atoms with Gasteiger partial charge < -0.3 is 9.47 Å². The van der Waals surface area contributed by atoms with Crippen molar-refractivity contribution in [3.05, 3.63) is 29.3 Å². The molecule has 17 heavy (non-hydrogen) atoms. The third-order valence-electron chi connectivity index (χ3n) is 1.57. The van der Waals surface area contributed by atoms with Crippen LogP contribution in [0.15, 0.2) is 18.2 Å². The highest BCUT2D eigenvalue weighted by Gasteiger charge is 2.10. The van der Waals surface area contributed by atoms with Crippen molar-refractivity contribution in [2.45, 2.75) is 13.2 Å². The normalized spacial score (nSPS) is 11.5. The van der Waals surface area contributed by atoms with Crippen LogP contribution >= 0.6 is 11.6 Å². The van der Waals surface area contributed by atoms with Crippen LogP contribution in [0.4, 0.5) is 17.6 Å². The molecule has 93 valence electrons. The average Bonchev–Trinajstić information content (AvgIpc) is 2.14. The van der Waals surface area contributed by atoms with Crippen LogP contribution in [-0.2, 0) is 0 Å². The minimum Gasteiger partial charge on any atom is -0.435 e. The minimum atomic E-state index is -3.06. The molecule has 0 N–H and O–H groups in total. The molecule has 0 unspecified atom stereocenters. The highest BCUT2D eigenvalue weighted by atomic mass is 35.5. The van der Waals surface area contributed by atoms with Crippen molar-refractivity contribution in [3.8, 4) is 11.5 Å². The van der Waals surface area contributed by atoms with Crippen LogP contribution in [0, 0.1) is 5.54 Å². The van der Waals surface area contributed by atoms with Gasteiger partial charge in [0.15, 0.2) is 0 Å². The monoisotopic (exact) mass is 269 g/mol. The van der Waals surface area contributed by atoms with Gasteiger partial charge in [-0.1, -0.05) is 11.6 Å². The highest BCUT2D eigenvalue weighted by Crippen LogP contribution is 2.26. The molecular formula is C10H6ClF4O2. The Labute approximate surface area is 99.4 Å². The fourth-order valence-corrected chi connectivity index (χ4v) is 1.21. The SMILES string of the molecule is FC(F)Oc1cc(C=[C]Cl)cc(OC(F)F)c1. The maximum atomic E-state index is 12.0. The average molecular weight is 270 g/mol. The van der Waals surface area contributed by atoms with E-state index in [1.807, 2.05) is 0 Å². The zero-order valence-electron chi connectivity index (χ0n) is 8.17. The molecule has 0 amide bonds. The first-order valence-electron chi connectivity index (χ1n) is 4.25. The number of benzene rings is 1. The van der Waals surface area contributed by atoms with E-state index in [-0.39, 0.29) is 17.1 Å². The van der Waals surface area contributed by atoms with Crippen molar-refractivity contribution in [1.29, 1.82) is 0 Å². The standard InChI is InChI=1S/C10H6ClF4O2/c11-2-1-6-3-7(16-9(12)13)5-8(4-6)17-10(14)15/h1,3-5,9-10H. The molecule has 0 aliphatic heterocycles. The molecule has 1 aromatic carbocycles. The number of alkyl halides is 4. The summed E-state index contributed by atoms with van der Waals surface area (Å²) in [4.78, 5) is 0. The molecule has 0 bridgehead atoms. The van der Waals surface area contributed by atoms with E-state index in [2.05, 4.69) is 15.0 Å². The first-order valence-corrected chi connectivity index (χ1v) is 4.63. The van der Waals surface area contributed by atoms with Crippen LogP contribution in [-0.4, -0.2) is 13.2 Å². The smallest absolute Gasteiger partial charge is 0.387 e. The summed E-state index contributed by atoms with van der Waals surface area (Å²) in [6.45, 7) is -6.12. The fraction of sp³-hybridized carbons (Fsp3) is 0.200. The summed E-state index contributed by atoms with van der Waals surface area (Å²) in [5.41, 5.74) is 2.35. The van der Waals surface area contributed by atoms with Crippen LogP contribution in [0.3, 0.4) is 0 Å². The summed E-state index contributed by atoms with van der Waals surface area (Å²) >= 11 is 5.17. The van der Waals surface area contributed by atoms with E-state index in [0.717, 1.165) is 6.07 Å². The number of hydrogen-bond donors (Lipinski definition) is 0. The molecule has 0 aromatic heterocycles. The Hall–Kier alpha value is -1.43. The van der Waals surface area contributed by atoms with Crippen LogP contribution in [0.1, 0.15) is 5.56 Å². The first-order chi connectivity index (χ1) is 8.01. The zero-order chi connectivity index (χ0) is 12.8. The summed E-state index contributed by atoms with van der Waals surface area (Å²) in [5, 5.41) is 0. The molecule has 0 fully saturated rings. The van der Waals surface area contributed by atoms with Gasteiger partial charge in [-0.2, -0.15) is 17.6 Å². The van der Waals surface area contributed by atoms with E-state index < -0.39 is 13.2 Å². The van der Waals surface area contributed by atoms with Gasteiger partial charge in [0.1, 0.15) is 11.5 Å². The van der Waals surface area contributed by atoms with Gasteiger partial charge in [-0.05, 0) is 23.8 Å². The predicted octanol–water partition coefficient (Wildman–Crippen LogP) is 3.90. The number of halogens is 5. The van der Waals surface area contributed by atoms with Crippen LogP contribution < -0.4 is 9.47 Å². The van der Waals surface area contributed by atoms with Crippen molar-refractivity contribution in [2.24, 2.45) is 0 Å². The lowest BCUT2D eigenvalue weighted by atomic mass is 10.2. The van der Waals surface area contributed by atoms with E-state index in [0.29, 0.717) is 0 Å². The second-order valence-corrected chi connectivity index (χ2v) is 2.97. The van der Waals surface area contributed by atoms with E-state index in [4.69, 9.17) is 11.6 Å². The first kappa shape index (κ1) is 13.6. The molecule has 0 saturated carbocycles. The van der Waals surface area contributed by atoms with Crippen LogP contribution in [0.25, 0.3) is 6.08 Å². The van der Waals surface area contributed by atoms with Crippen molar-refractivity contribution in [2.75, 3.05) is 0 Å². The Bertz CT molecular complexity index is 368. The molecule has 0 aliphatic rings. The Morgan fingerprint density at radius 3 is 1.82 bits per heavy atom. The Kier molecular flexibility index (Phi) is 5.09. The summed E-state index contributed by atoms with van der Waals surface area (Å²) in [6, 6.07) is 3.28. The fourth-order valence-electron chi connectivity index (χ4n) is 1.08. The summed E-state index contributed by atoms with van der Waals surface area (Å²) < 4.78 is 56.0. The maximum Gasteiger partial charge on any atom is 0.387 e. The quantitative estimate of drug-likeness (QED) is 0.755. The van der Waals surface area contributed by atoms with Crippen molar-refractivity contribution in [1.82, 2.24) is 0 Å². The Morgan fingerprint density at radius 1 is 1.00 bits per heavy atom. The molecule has 0 spiro atoms. The van der Waals surface area contributed by atoms with Gasteiger partial charge in [0, 0.05) is 6.07 Å². The topological polar surface area (TPSA) is 18.5 Å². The van der Waals surface area contributed by atoms with Crippen LogP contribution in [0.5, 0.6) is 11.5 Å². The van der Waals surface area contributed by atoms with Crippen molar-refractivity contribution < 1.29 is 27.0 Å². The Balaban J connectivity index is 3.00. The molecule has 0 aliphatic carbocycles. The number of ether oxygens (including phenoxy) is 2. The third-order valence-corrected chi connectivity index (χ3v) is 1.68. The van der Waals surface area contributed by atoms with Gasteiger partial charge in [-0.25, -0.2) is 0 Å².